The van der Waals surface area contributed by atoms with Crippen molar-refractivity contribution in [3.63, 3.8) is 0 Å². The average Bonchev–Trinajstić information content (AvgIpc) is 2.40. The number of phenols is 1. The molecule has 0 unspecified atom stereocenters. The van der Waals surface area contributed by atoms with Crippen LogP contribution in [0.1, 0.15) is 25.3 Å². The van der Waals surface area contributed by atoms with E-state index in [1.807, 2.05) is 30.3 Å². The normalized spacial score (nSPS) is 11.5. The molecule has 3 aromatic rings. The van der Waals surface area contributed by atoms with E-state index >= 15 is 0 Å². The number of aromatic hydroxyl groups is 1. The molecule has 0 radical (unpaired) electrons. The maximum absolute atomic E-state index is 12.7. The van der Waals surface area contributed by atoms with Crippen molar-refractivity contribution in [3.8, 4) is 5.75 Å². The van der Waals surface area contributed by atoms with Crippen molar-refractivity contribution in [2.24, 2.45) is 0 Å². The van der Waals surface area contributed by atoms with Crippen molar-refractivity contribution in [2.75, 3.05) is 0 Å². The first kappa shape index (κ1) is 12.2. The van der Waals surface area contributed by atoms with Gasteiger partial charge in [0.2, 0.25) is 0 Å². The Morgan fingerprint density at radius 1 is 1.11 bits per heavy atom. The van der Waals surface area contributed by atoms with Gasteiger partial charge < -0.3 is 5.11 Å². The molecule has 96 valence electrons. The summed E-state index contributed by atoms with van der Waals surface area (Å²) in [5, 5.41) is 11.4. The highest BCUT2D eigenvalue weighted by Gasteiger charge is 2.14. The first-order valence-corrected chi connectivity index (χ1v) is 7.08. The lowest BCUT2D eigenvalue weighted by molar-refractivity contribution is 0.482. The monoisotopic (exact) mass is 270 g/mol. The molecule has 0 aliphatic rings. The topological polar surface area (TPSA) is 37.3 Å². The van der Waals surface area contributed by atoms with E-state index in [9.17, 15) is 9.90 Å². The Morgan fingerprint density at radius 2 is 1.84 bits per heavy atom. The van der Waals surface area contributed by atoms with Crippen molar-refractivity contribution in [3.05, 3.63) is 52.2 Å². The summed E-state index contributed by atoms with van der Waals surface area (Å²) in [4.78, 5) is 12.7. The van der Waals surface area contributed by atoms with Crippen LogP contribution in [0.25, 0.3) is 20.2 Å². The SMILES string of the molecule is CC(C)c1ccc(O)c2sc3ccccc3c(=O)c12. The van der Waals surface area contributed by atoms with Crippen LogP contribution in [0, 0.1) is 0 Å². The van der Waals surface area contributed by atoms with Crippen LogP contribution >= 0.6 is 11.3 Å². The highest BCUT2D eigenvalue weighted by atomic mass is 32.1. The third-order valence-electron chi connectivity index (χ3n) is 3.36. The molecule has 3 rings (SSSR count). The summed E-state index contributed by atoms with van der Waals surface area (Å²) in [5.74, 6) is 0.441. The third-order valence-corrected chi connectivity index (χ3v) is 4.56. The van der Waals surface area contributed by atoms with Crippen LogP contribution in [0.15, 0.2) is 41.2 Å². The average molecular weight is 270 g/mol. The lowest BCUT2D eigenvalue weighted by atomic mass is 9.98. The Morgan fingerprint density at radius 3 is 2.58 bits per heavy atom. The van der Waals surface area contributed by atoms with Crippen LogP contribution in [0.4, 0.5) is 0 Å². The molecule has 1 heterocycles. The van der Waals surface area contributed by atoms with Crippen molar-refractivity contribution < 1.29 is 5.11 Å². The van der Waals surface area contributed by atoms with Gasteiger partial charge >= 0.3 is 0 Å². The smallest absolute Gasteiger partial charge is 0.196 e. The van der Waals surface area contributed by atoms with E-state index in [4.69, 9.17) is 0 Å². The molecule has 0 aliphatic carbocycles. The molecule has 19 heavy (non-hydrogen) atoms. The van der Waals surface area contributed by atoms with Crippen LogP contribution in [-0.4, -0.2) is 5.11 Å². The van der Waals surface area contributed by atoms with E-state index in [0.29, 0.717) is 10.1 Å². The number of phenolic OH excluding ortho intramolecular Hbond substituents is 1. The van der Waals surface area contributed by atoms with Gasteiger partial charge in [0.05, 0.1) is 4.70 Å². The quantitative estimate of drug-likeness (QED) is 0.671. The van der Waals surface area contributed by atoms with Crippen LogP contribution < -0.4 is 5.43 Å². The highest BCUT2D eigenvalue weighted by molar-refractivity contribution is 7.24. The van der Waals surface area contributed by atoms with E-state index in [-0.39, 0.29) is 17.1 Å². The molecule has 0 spiro atoms. The highest BCUT2D eigenvalue weighted by Crippen LogP contribution is 2.35. The van der Waals surface area contributed by atoms with Gasteiger partial charge in [0.15, 0.2) is 5.43 Å². The van der Waals surface area contributed by atoms with Gasteiger partial charge in [-0.3, -0.25) is 4.79 Å². The molecule has 0 fully saturated rings. The van der Waals surface area contributed by atoms with Crippen molar-refractivity contribution >= 4 is 31.5 Å². The standard InChI is InChI=1S/C16H14O2S/c1-9(2)10-7-8-12(17)16-14(10)15(18)11-5-3-4-6-13(11)19-16/h3-9,17H,1-2H3. The van der Waals surface area contributed by atoms with Crippen LogP contribution in [0.5, 0.6) is 5.75 Å². The summed E-state index contributed by atoms with van der Waals surface area (Å²) in [6.45, 7) is 4.12. The summed E-state index contributed by atoms with van der Waals surface area (Å²) in [6.07, 6.45) is 0. The first-order valence-electron chi connectivity index (χ1n) is 6.27. The van der Waals surface area contributed by atoms with Gasteiger partial charge in [-0.05, 0) is 29.7 Å². The second-order valence-electron chi connectivity index (χ2n) is 4.96. The fourth-order valence-electron chi connectivity index (χ4n) is 2.39. The van der Waals surface area contributed by atoms with Gasteiger partial charge in [0.25, 0.3) is 0 Å². The van der Waals surface area contributed by atoms with Crippen molar-refractivity contribution in [1.29, 1.82) is 0 Å². The largest absolute Gasteiger partial charge is 0.506 e. The number of hydrogen-bond donors (Lipinski definition) is 1. The van der Waals surface area contributed by atoms with Gasteiger partial charge in [-0.2, -0.15) is 0 Å². The number of hydrogen-bond acceptors (Lipinski definition) is 3. The summed E-state index contributed by atoms with van der Waals surface area (Å²) in [5.41, 5.74) is 1.02. The molecule has 2 nitrogen and oxygen atoms in total. The molecule has 3 heteroatoms. The molecule has 0 aliphatic heterocycles. The molecule has 2 aromatic carbocycles. The summed E-state index contributed by atoms with van der Waals surface area (Å²) in [6, 6.07) is 11.1. The molecule has 0 atom stereocenters. The Kier molecular flexibility index (Phi) is 2.79. The number of benzene rings is 2. The summed E-state index contributed by atoms with van der Waals surface area (Å²) in [7, 11) is 0. The molecule has 1 aromatic heterocycles. The predicted molar refractivity (Wildman–Crippen MR) is 81.4 cm³/mol. The van der Waals surface area contributed by atoms with Crippen LogP contribution in [-0.2, 0) is 0 Å². The number of fused-ring (bicyclic) bond motifs is 2. The lowest BCUT2D eigenvalue weighted by Crippen LogP contribution is -2.05. The van der Waals surface area contributed by atoms with E-state index in [0.717, 1.165) is 15.6 Å². The number of rotatable bonds is 1. The van der Waals surface area contributed by atoms with Gasteiger partial charge in [-0.1, -0.05) is 32.0 Å². The second-order valence-corrected chi connectivity index (χ2v) is 6.01. The second kappa shape index (κ2) is 4.35. The lowest BCUT2D eigenvalue weighted by Gasteiger charge is -2.11. The summed E-state index contributed by atoms with van der Waals surface area (Å²) >= 11 is 1.47. The predicted octanol–water partition coefficient (Wildman–Crippen LogP) is 4.24. The zero-order valence-electron chi connectivity index (χ0n) is 10.8. The van der Waals surface area contributed by atoms with E-state index < -0.39 is 0 Å². The zero-order chi connectivity index (χ0) is 13.6. The van der Waals surface area contributed by atoms with E-state index in [1.54, 1.807) is 6.07 Å². The van der Waals surface area contributed by atoms with Gasteiger partial charge in [0, 0.05) is 15.5 Å². The summed E-state index contributed by atoms with van der Waals surface area (Å²) < 4.78 is 1.60. The Balaban J connectivity index is 2.61. The maximum Gasteiger partial charge on any atom is 0.196 e. The Hall–Kier alpha value is -1.87. The Bertz CT molecular complexity index is 831. The van der Waals surface area contributed by atoms with Crippen LogP contribution in [0.3, 0.4) is 0 Å². The third kappa shape index (κ3) is 1.81. The van der Waals surface area contributed by atoms with E-state index in [1.165, 1.54) is 11.3 Å². The minimum absolute atomic E-state index is 0.0175. The fourth-order valence-corrected chi connectivity index (χ4v) is 3.52. The van der Waals surface area contributed by atoms with Gasteiger partial charge in [0.1, 0.15) is 5.75 Å². The van der Waals surface area contributed by atoms with Crippen molar-refractivity contribution in [1.82, 2.24) is 0 Å². The minimum Gasteiger partial charge on any atom is -0.506 e. The molecule has 0 amide bonds. The van der Waals surface area contributed by atoms with Gasteiger partial charge in [-0.15, -0.1) is 11.3 Å². The van der Waals surface area contributed by atoms with E-state index in [2.05, 4.69) is 13.8 Å². The van der Waals surface area contributed by atoms with Crippen molar-refractivity contribution in [2.45, 2.75) is 19.8 Å². The molecular formula is C16H14O2S. The molecule has 0 saturated carbocycles. The van der Waals surface area contributed by atoms with Crippen LogP contribution in [0.2, 0.25) is 0 Å². The Labute approximate surface area is 114 Å². The minimum atomic E-state index is 0.0175. The molecule has 0 saturated heterocycles. The molecule has 1 N–H and O–H groups in total. The van der Waals surface area contributed by atoms with Gasteiger partial charge in [-0.25, -0.2) is 0 Å². The fraction of sp³-hybridized carbons (Fsp3) is 0.188. The zero-order valence-corrected chi connectivity index (χ0v) is 11.6. The maximum atomic E-state index is 12.7. The molecule has 0 bridgehead atoms. The first-order chi connectivity index (χ1) is 9.09. The molecular weight excluding hydrogens is 256 g/mol.